The maximum Gasteiger partial charge on any atom is 0.0559 e. The van der Waals surface area contributed by atoms with Crippen LogP contribution >= 0.6 is 0 Å². The lowest BCUT2D eigenvalue weighted by Gasteiger charge is -2.10. The van der Waals surface area contributed by atoms with E-state index in [4.69, 9.17) is 0 Å². The zero-order chi connectivity index (χ0) is 13.7. The van der Waals surface area contributed by atoms with Crippen LogP contribution in [0.1, 0.15) is 30.5 Å². The van der Waals surface area contributed by atoms with Crippen LogP contribution in [-0.2, 0) is 13.0 Å². The first-order valence-corrected chi connectivity index (χ1v) is 6.87. The van der Waals surface area contributed by atoms with Gasteiger partial charge in [-0.2, -0.15) is 0 Å². The molecule has 2 aromatic rings. The van der Waals surface area contributed by atoms with Gasteiger partial charge in [-0.25, -0.2) is 0 Å². The molecule has 0 aliphatic carbocycles. The molecular formula is C17H22N2. The Morgan fingerprint density at radius 2 is 1.74 bits per heavy atom. The average Bonchev–Trinajstić information content (AvgIpc) is 2.39. The fourth-order valence-corrected chi connectivity index (χ4v) is 2.11. The summed E-state index contributed by atoms with van der Waals surface area (Å²) in [5, 5.41) is 3.43. The Kier molecular flexibility index (Phi) is 4.56. The van der Waals surface area contributed by atoms with E-state index in [1.54, 1.807) is 0 Å². The second-order valence-corrected chi connectivity index (χ2v) is 5.46. The molecule has 0 atom stereocenters. The van der Waals surface area contributed by atoms with Crippen molar-refractivity contribution < 1.29 is 0 Å². The molecule has 19 heavy (non-hydrogen) atoms. The lowest BCUT2D eigenvalue weighted by atomic mass is 10.0. The SMILES string of the molecule is Cc1ccncc1NCc1ccc(CC(C)C)cc1. The van der Waals surface area contributed by atoms with E-state index in [2.05, 4.69) is 55.3 Å². The van der Waals surface area contributed by atoms with Crippen LogP contribution in [0.5, 0.6) is 0 Å². The lowest BCUT2D eigenvalue weighted by molar-refractivity contribution is 0.647. The van der Waals surface area contributed by atoms with Crippen molar-refractivity contribution in [2.24, 2.45) is 5.92 Å². The van der Waals surface area contributed by atoms with Crippen LogP contribution in [0.3, 0.4) is 0 Å². The molecule has 0 saturated heterocycles. The summed E-state index contributed by atoms with van der Waals surface area (Å²) in [6.45, 7) is 7.44. The van der Waals surface area contributed by atoms with Crippen LogP contribution < -0.4 is 5.32 Å². The number of pyridine rings is 1. The molecule has 1 aromatic carbocycles. The van der Waals surface area contributed by atoms with E-state index in [1.807, 2.05) is 18.5 Å². The Labute approximate surface area is 115 Å². The smallest absolute Gasteiger partial charge is 0.0559 e. The van der Waals surface area contributed by atoms with E-state index in [-0.39, 0.29) is 0 Å². The Morgan fingerprint density at radius 3 is 2.37 bits per heavy atom. The Balaban J connectivity index is 1.95. The van der Waals surface area contributed by atoms with Crippen LogP contribution in [-0.4, -0.2) is 4.98 Å². The summed E-state index contributed by atoms with van der Waals surface area (Å²) in [6, 6.07) is 10.9. The predicted octanol–water partition coefficient (Wildman–Crippen LogP) is 4.20. The number of benzene rings is 1. The van der Waals surface area contributed by atoms with Crippen LogP contribution in [0.4, 0.5) is 5.69 Å². The summed E-state index contributed by atoms with van der Waals surface area (Å²) in [5.41, 5.74) is 5.05. The van der Waals surface area contributed by atoms with Crippen molar-refractivity contribution >= 4 is 5.69 Å². The minimum absolute atomic E-state index is 0.710. The Hall–Kier alpha value is -1.83. The second kappa shape index (κ2) is 6.37. The highest BCUT2D eigenvalue weighted by atomic mass is 14.9. The predicted molar refractivity (Wildman–Crippen MR) is 81.3 cm³/mol. The molecule has 2 nitrogen and oxygen atoms in total. The van der Waals surface area contributed by atoms with Crippen LogP contribution in [0.2, 0.25) is 0 Å². The monoisotopic (exact) mass is 254 g/mol. The molecule has 2 rings (SSSR count). The third-order valence-corrected chi connectivity index (χ3v) is 3.19. The number of nitrogens with zero attached hydrogens (tertiary/aromatic N) is 1. The summed E-state index contributed by atoms with van der Waals surface area (Å²) in [6.07, 6.45) is 4.85. The van der Waals surface area contributed by atoms with Crippen molar-refractivity contribution in [3.8, 4) is 0 Å². The van der Waals surface area contributed by atoms with E-state index in [9.17, 15) is 0 Å². The number of aromatic nitrogens is 1. The number of hydrogen-bond acceptors (Lipinski definition) is 2. The minimum atomic E-state index is 0.710. The highest BCUT2D eigenvalue weighted by Crippen LogP contribution is 2.14. The fourth-order valence-electron chi connectivity index (χ4n) is 2.11. The standard InChI is InChI=1S/C17H22N2/c1-13(2)10-15-4-6-16(7-5-15)11-19-17-12-18-9-8-14(17)3/h4-9,12-13,19H,10-11H2,1-3H3. The van der Waals surface area contributed by atoms with E-state index < -0.39 is 0 Å². The van der Waals surface area contributed by atoms with Gasteiger partial charge in [0.15, 0.2) is 0 Å². The molecule has 2 heteroatoms. The fraction of sp³-hybridized carbons (Fsp3) is 0.353. The zero-order valence-electron chi connectivity index (χ0n) is 12.0. The second-order valence-electron chi connectivity index (χ2n) is 5.46. The summed E-state index contributed by atoms with van der Waals surface area (Å²) in [7, 11) is 0. The van der Waals surface area contributed by atoms with E-state index in [1.165, 1.54) is 16.7 Å². The molecule has 0 bridgehead atoms. The molecule has 0 aliphatic rings. The van der Waals surface area contributed by atoms with Crippen molar-refractivity contribution in [2.75, 3.05) is 5.32 Å². The first kappa shape index (κ1) is 13.6. The van der Waals surface area contributed by atoms with Crippen LogP contribution in [0.25, 0.3) is 0 Å². The van der Waals surface area contributed by atoms with Crippen molar-refractivity contribution in [1.29, 1.82) is 0 Å². The van der Waals surface area contributed by atoms with Gasteiger partial charge in [0.2, 0.25) is 0 Å². The van der Waals surface area contributed by atoms with Gasteiger partial charge in [0, 0.05) is 12.7 Å². The minimum Gasteiger partial charge on any atom is -0.380 e. The number of anilines is 1. The Bertz CT molecular complexity index is 515. The third kappa shape index (κ3) is 4.09. The maximum atomic E-state index is 4.14. The van der Waals surface area contributed by atoms with Gasteiger partial charge in [-0.05, 0) is 42.0 Å². The number of hydrogen-bond donors (Lipinski definition) is 1. The highest BCUT2D eigenvalue weighted by Gasteiger charge is 2.00. The Morgan fingerprint density at radius 1 is 1.05 bits per heavy atom. The third-order valence-electron chi connectivity index (χ3n) is 3.19. The summed E-state index contributed by atoms with van der Waals surface area (Å²) >= 11 is 0. The molecule has 1 N–H and O–H groups in total. The number of aryl methyl sites for hydroxylation is 1. The van der Waals surface area contributed by atoms with Gasteiger partial charge < -0.3 is 5.32 Å². The molecule has 1 aromatic heterocycles. The normalized spacial score (nSPS) is 10.7. The number of nitrogens with one attached hydrogen (secondary N) is 1. The van der Waals surface area contributed by atoms with Crippen molar-refractivity contribution in [2.45, 2.75) is 33.7 Å². The van der Waals surface area contributed by atoms with Crippen LogP contribution in [0.15, 0.2) is 42.7 Å². The molecule has 0 unspecified atom stereocenters. The maximum absolute atomic E-state index is 4.14. The topological polar surface area (TPSA) is 24.9 Å². The zero-order valence-corrected chi connectivity index (χ0v) is 12.0. The molecule has 0 aliphatic heterocycles. The van der Waals surface area contributed by atoms with E-state index in [0.29, 0.717) is 5.92 Å². The van der Waals surface area contributed by atoms with Gasteiger partial charge in [0.25, 0.3) is 0 Å². The van der Waals surface area contributed by atoms with Crippen molar-refractivity contribution in [3.63, 3.8) is 0 Å². The van der Waals surface area contributed by atoms with Crippen molar-refractivity contribution in [1.82, 2.24) is 4.98 Å². The first-order chi connectivity index (χ1) is 9.15. The lowest BCUT2D eigenvalue weighted by Crippen LogP contribution is -2.02. The molecule has 0 radical (unpaired) electrons. The highest BCUT2D eigenvalue weighted by molar-refractivity contribution is 5.48. The van der Waals surface area contributed by atoms with Gasteiger partial charge >= 0.3 is 0 Å². The quantitative estimate of drug-likeness (QED) is 0.865. The van der Waals surface area contributed by atoms with Gasteiger partial charge in [-0.15, -0.1) is 0 Å². The molecule has 1 heterocycles. The molecular weight excluding hydrogens is 232 g/mol. The van der Waals surface area contributed by atoms with Gasteiger partial charge in [-0.3, -0.25) is 4.98 Å². The summed E-state index contributed by atoms with van der Waals surface area (Å²) < 4.78 is 0. The molecule has 0 amide bonds. The molecule has 0 fully saturated rings. The summed E-state index contributed by atoms with van der Waals surface area (Å²) in [5.74, 6) is 0.710. The largest absolute Gasteiger partial charge is 0.380 e. The van der Waals surface area contributed by atoms with Crippen LogP contribution in [0, 0.1) is 12.8 Å². The van der Waals surface area contributed by atoms with E-state index >= 15 is 0 Å². The van der Waals surface area contributed by atoms with Crippen molar-refractivity contribution in [3.05, 3.63) is 59.4 Å². The molecule has 0 saturated carbocycles. The van der Waals surface area contributed by atoms with Gasteiger partial charge in [-0.1, -0.05) is 38.1 Å². The average molecular weight is 254 g/mol. The number of rotatable bonds is 5. The van der Waals surface area contributed by atoms with Gasteiger partial charge in [0.05, 0.1) is 11.9 Å². The first-order valence-electron chi connectivity index (χ1n) is 6.87. The van der Waals surface area contributed by atoms with E-state index in [0.717, 1.165) is 18.7 Å². The summed E-state index contributed by atoms with van der Waals surface area (Å²) in [4.78, 5) is 4.14. The van der Waals surface area contributed by atoms with Gasteiger partial charge in [0.1, 0.15) is 0 Å². The molecule has 100 valence electrons. The molecule has 0 spiro atoms.